The van der Waals surface area contributed by atoms with Crippen LogP contribution in [0.15, 0.2) is 83.2 Å². The van der Waals surface area contributed by atoms with Gasteiger partial charge in [0.05, 0.1) is 23.3 Å². The van der Waals surface area contributed by atoms with Crippen molar-refractivity contribution in [2.24, 2.45) is 10.1 Å². The number of halogens is 3. The number of para-hydroxylation sites is 1. The highest BCUT2D eigenvalue weighted by Crippen LogP contribution is 2.29. The Labute approximate surface area is 225 Å². The predicted octanol–water partition coefficient (Wildman–Crippen LogP) is 6.05. The number of hydrazone groups is 1. The highest BCUT2D eigenvalue weighted by Gasteiger charge is 2.31. The summed E-state index contributed by atoms with van der Waals surface area (Å²) >= 11 is 1.35. The van der Waals surface area contributed by atoms with Crippen LogP contribution in [0.1, 0.15) is 16.7 Å². The van der Waals surface area contributed by atoms with Crippen LogP contribution < -0.4 is 4.74 Å². The van der Waals surface area contributed by atoms with Gasteiger partial charge in [0.15, 0.2) is 11.0 Å². The van der Waals surface area contributed by atoms with Gasteiger partial charge in [0, 0.05) is 5.56 Å². The number of ether oxygens (including phenoxy) is 1. The summed E-state index contributed by atoms with van der Waals surface area (Å²) in [6.45, 7) is 3.95. The number of hydrogen-bond acceptors (Lipinski definition) is 7. The largest absolute Gasteiger partial charge is 0.573 e. The van der Waals surface area contributed by atoms with Gasteiger partial charge >= 0.3 is 6.36 Å². The van der Waals surface area contributed by atoms with Crippen molar-refractivity contribution in [1.82, 2.24) is 19.8 Å². The van der Waals surface area contributed by atoms with Gasteiger partial charge in [0.2, 0.25) is 0 Å². The van der Waals surface area contributed by atoms with Gasteiger partial charge in [-0.15, -0.1) is 18.3 Å². The van der Waals surface area contributed by atoms with Crippen molar-refractivity contribution in [3.05, 3.63) is 89.7 Å². The van der Waals surface area contributed by atoms with Gasteiger partial charge in [0.1, 0.15) is 12.1 Å². The molecule has 0 bridgehead atoms. The van der Waals surface area contributed by atoms with Crippen molar-refractivity contribution >= 4 is 34.7 Å². The second-order valence-electron chi connectivity index (χ2n) is 8.55. The van der Waals surface area contributed by atoms with Crippen LogP contribution in [0.25, 0.3) is 17.1 Å². The second kappa shape index (κ2) is 10.7. The molecule has 0 atom stereocenters. The minimum atomic E-state index is -4.75. The summed E-state index contributed by atoms with van der Waals surface area (Å²) in [5.74, 6) is 0.238. The van der Waals surface area contributed by atoms with Crippen LogP contribution in [-0.2, 0) is 4.79 Å². The molecule has 1 aromatic heterocycles. The first-order chi connectivity index (χ1) is 18.7. The zero-order valence-corrected chi connectivity index (χ0v) is 21.6. The average molecular weight is 551 g/mol. The van der Waals surface area contributed by atoms with Gasteiger partial charge in [0.25, 0.3) is 5.91 Å². The number of aromatic nitrogens is 3. The summed E-state index contributed by atoms with van der Waals surface area (Å²) in [7, 11) is 0. The smallest absolute Gasteiger partial charge is 0.406 e. The van der Waals surface area contributed by atoms with Crippen molar-refractivity contribution < 1.29 is 22.7 Å². The van der Waals surface area contributed by atoms with E-state index in [1.54, 1.807) is 6.21 Å². The normalized spacial score (nSPS) is 15.1. The van der Waals surface area contributed by atoms with Crippen molar-refractivity contribution in [2.75, 3.05) is 5.75 Å². The fraction of sp³-hybridized carbons (Fsp3) is 0.148. The molecule has 0 saturated carbocycles. The first kappa shape index (κ1) is 26.2. The molecule has 198 valence electrons. The minimum Gasteiger partial charge on any atom is -0.406 e. The standard InChI is InChI=1S/C27H21F3N6O2S/c1-17-4-3-5-18(2)24(17)33-26-36(23(37)15-39-26)32-14-19-6-8-20(9-7-19)25-31-16-35(34-25)21-10-12-22(13-11-21)38-27(28,29)30/h3-14,16H,15H2,1-2H3/b32-14+,33-26-. The van der Waals surface area contributed by atoms with E-state index < -0.39 is 6.36 Å². The molecule has 0 radical (unpaired) electrons. The number of carbonyl (C=O) groups is 1. The molecule has 0 N–H and O–H groups in total. The lowest BCUT2D eigenvalue weighted by Crippen LogP contribution is -2.23. The molecule has 0 aliphatic carbocycles. The van der Waals surface area contributed by atoms with E-state index in [9.17, 15) is 18.0 Å². The van der Waals surface area contributed by atoms with E-state index in [4.69, 9.17) is 4.99 Å². The lowest BCUT2D eigenvalue weighted by Gasteiger charge is -2.11. The molecule has 39 heavy (non-hydrogen) atoms. The molecule has 4 aromatic rings. The first-order valence-electron chi connectivity index (χ1n) is 11.7. The Bertz CT molecular complexity index is 1540. The SMILES string of the molecule is Cc1cccc(C)c1/N=C1\SCC(=O)N1/N=C/c1ccc(-c2ncn(-c3ccc(OC(F)(F)F)cc3)n2)cc1. The maximum absolute atomic E-state index is 12.4. The molecule has 3 aromatic carbocycles. The summed E-state index contributed by atoms with van der Waals surface area (Å²) in [6.07, 6.45) is -1.69. The topological polar surface area (TPSA) is 85.0 Å². The number of hydrogen-bond donors (Lipinski definition) is 0. The lowest BCUT2D eigenvalue weighted by molar-refractivity contribution is -0.274. The van der Waals surface area contributed by atoms with Crippen molar-refractivity contribution in [2.45, 2.75) is 20.2 Å². The summed E-state index contributed by atoms with van der Waals surface area (Å²) in [5.41, 5.74) is 4.88. The minimum absolute atomic E-state index is 0.148. The molecule has 1 amide bonds. The Morgan fingerprint density at radius 1 is 1.00 bits per heavy atom. The van der Waals surface area contributed by atoms with Gasteiger partial charge in [-0.25, -0.2) is 14.7 Å². The number of thioether (sulfide) groups is 1. The number of amides is 1. The van der Waals surface area contributed by atoms with E-state index in [1.807, 2.05) is 56.3 Å². The molecule has 2 heterocycles. The maximum Gasteiger partial charge on any atom is 0.573 e. The van der Waals surface area contributed by atoms with E-state index in [2.05, 4.69) is 19.9 Å². The highest BCUT2D eigenvalue weighted by atomic mass is 32.2. The van der Waals surface area contributed by atoms with E-state index in [0.29, 0.717) is 16.7 Å². The number of alkyl halides is 3. The molecular formula is C27H21F3N6O2S. The lowest BCUT2D eigenvalue weighted by atomic mass is 10.1. The monoisotopic (exact) mass is 550 g/mol. The number of amidine groups is 1. The van der Waals surface area contributed by atoms with Crippen LogP contribution in [0.3, 0.4) is 0 Å². The van der Waals surface area contributed by atoms with Gasteiger partial charge in [-0.1, -0.05) is 54.2 Å². The van der Waals surface area contributed by atoms with E-state index in [0.717, 1.165) is 27.9 Å². The summed E-state index contributed by atoms with van der Waals surface area (Å²) in [5, 5.41) is 10.6. The molecule has 12 heteroatoms. The quantitative estimate of drug-likeness (QED) is 0.273. The Morgan fingerprint density at radius 2 is 1.69 bits per heavy atom. The van der Waals surface area contributed by atoms with E-state index >= 15 is 0 Å². The third-order valence-electron chi connectivity index (χ3n) is 5.71. The third kappa shape index (κ3) is 6.17. The van der Waals surface area contributed by atoms with Crippen molar-refractivity contribution in [3.8, 4) is 22.8 Å². The zero-order chi connectivity index (χ0) is 27.6. The molecule has 1 aliphatic heterocycles. The van der Waals surface area contributed by atoms with E-state index in [-0.39, 0.29) is 17.4 Å². The highest BCUT2D eigenvalue weighted by molar-refractivity contribution is 8.15. The zero-order valence-electron chi connectivity index (χ0n) is 20.8. The number of carbonyl (C=O) groups excluding carboxylic acids is 1. The first-order valence-corrected chi connectivity index (χ1v) is 12.7. The molecule has 1 fully saturated rings. The third-order valence-corrected chi connectivity index (χ3v) is 6.62. The molecule has 8 nitrogen and oxygen atoms in total. The Morgan fingerprint density at radius 3 is 2.36 bits per heavy atom. The Kier molecular flexibility index (Phi) is 7.20. The number of nitrogens with zero attached hydrogens (tertiary/aromatic N) is 6. The number of rotatable bonds is 6. The molecule has 1 saturated heterocycles. The van der Waals surface area contributed by atoms with Gasteiger partial charge < -0.3 is 4.74 Å². The van der Waals surface area contributed by atoms with Crippen LogP contribution in [0, 0.1) is 13.8 Å². The van der Waals surface area contributed by atoms with Crippen LogP contribution in [0.2, 0.25) is 0 Å². The molecule has 1 aliphatic rings. The molecule has 0 unspecified atom stereocenters. The van der Waals surface area contributed by atoms with Crippen LogP contribution in [-0.4, -0.2) is 49.2 Å². The fourth-order valence-electron chi connectivity index (χ4n) is 3.79. The Hall–Kier alpha value is -4.45. The summed E-state index contributed by atoms with van der Waals surface area (Å²) in [4.78, 5) is 21.4. The molecule has 5 rings (SSSR count). The van der Waals surface area contributed by atoms with Crippen molar-refractivity contribution in [1.29, 1.82) is 0 Å². The maximum atomic E-state index is 12.4. The summed E-state index contributed by atoms with van der Waals surface area (Å²) in [6, 6.07) is 18.5. The van der Waals surface area contributed by atoms with Gasteiger partial charge in [-0.3, -0.25) is 4.79 Å². The number of aliphatic imine (C=N–C) groups is 1. The van der Waals surface area contributed by atoms with Crippen molar-refractivity contribution in [3.63, 3.8) is 0 Å². The molecule has 0 spiro atoms. The van der Waals surface area contributed by atoms with Crippen LogP contribution in [0.4, 0.5) is 18.9 Å². The number of benzene rings is 3. The second-order valence-corrected chi connectivity index (χ2v) is 9.49. The van der Waals surface area contributed by atoms with Gasteiger partial charge in [-0.2, -0.15) is 10.1 Å². The van der Waals surface area contributed by atoms with Crippen LogP contribution in [0.5, 0.6) is 5.75 Å². The number of aryl methyl sites for hydroxylation is 2. The van der Waals surface area contributed by atoms with Gasteiger partial charge in [-0.05, 0) is 54.8 Å². The molecular weight excluding hydrogens is 529 g/mol. The van der Waals surface area contributed by atoms with E-state index in [1.165, 1.54) is 52.0 Å². The summed E-state index contributed by atoms with van der Waals surface area (Å²) < 4.78 is 42.5. The Balaban J connectivity index is 1.29. The van der Waals surface area contributed by atoms with Crippen LogP contribution >= 0.6 is 11.8 Å². The fourth-order valence-corrected chi connectivity index (χ4v) is 4.59. The average Bonchev–Trinajstić information content (AvgIpc) is 3.52. The predicted molar refractivity (Wildman–Crippen MR) is 143 cm³/mol.